The molecule has 0 fully saturated rings. The van der Waals surface area contributed by atoms with Crippen LogP contribution >= 0.6 is 0 Å². The van der Waals surface area contributed by atoms with Crippen LogP contribution in [0.25, 0.3) is 5.70 Å². The lowest BCUT2D eigenvalue weighted by molar-refractivity contribution is -0.0646. The molecule has 4 rings (SSSR count). The number of halogens is 1. The van der Waals surface area contributed by atoms with Crippen LogP contribution in [0.1, 0.15) is 16.7 Å². The van der Waals surface area contributed by atoms with Crippen molar-refractivity contribution in [3.63, 3.8) is 0 Å². The van der Waals surface area contributed by atoms with Crippen LogP contribution in [-0.4, -0.2) is 21.3 Å². The van der Waals surface area contributed by atoms with E-state index in [4.69, 9.17) is 9.47 Å². The van der Waals surface area contributed by atoms with E-state index >= 15 is 0 Å². The summed E-state index contributed by atoms with van der Waals surface area (Å²) in [5, 5.41) is 3.34. The van der Waals surface area contributed by atoms with E-state index in [0.29, 0.717) is 17.9 Å². The second-order valence-corrected chi connectivity index (χ2v) is 9.40. The van der Waals surface area contributed by atoms with E-state index in [1.54, 1.807) is 42.7 Å². The molecule has 0 spiro atoms. The maximum Gasteiger partial charge on any atom is 0.229 e. The first-order valence-electron chi connectivity index (χ1n) is 9.70. The molecule has 31 heavy (non-hydrogen) atoms. The molecule has 0 amide bonds. The Kier molecular flexibility index (Phi) is 5.80. The van der Waals surface area contributed by atoms with Crippen molar-refractivity contribution in [3.05, 3.63) is 108 Å². The summed E-state index contributed by atoms with van der Waals surface area (Å²) in [4.78, 5) is 0.223. The zero-order chi connectivity index (χ0) is 21.9. The summed E-state index contributed by atoms with van der Waals surface area (Å²) >= 11 is 0. The summed E-state index contributed by atoms with van der Waals surface area (Å²) in [7, 11) is -3.31. The molecule has 1 atom stereocenters. The molecule has 0 saturated heterocycles. The molecule has 0 radical (unpaired) electrons. The van der Waals surface area contributed by atoms with Gasteiger partial charge in [-0.05, 0) is 42.0 Å². The number of hydrogen-bond acceptors (Lipinski definition) is 5. The van der Waals surface area contributed by atoms with Gasteiger partial charge in [-0.15, -0.1) is 0 Å². The third kappa shape index (κ3) is 4.78. The Morgan fingerprint density at radius 3 is 2.29 bits per heavy atom. The molecule has 0 bridgehead atoms. The highest BCUT2D eigenvalue weighted by atomic mass is 32.2. The van der Waals surface area contributed by atoms with Gasteiger partial charge >= 0.3 is 0 Å². The minimum atomic E-state index is -3.31. The second kappa shape index (κ2) is 8.53. The van der Waals surface area contributed by atoms with Gasteiger partial charge in [-0.25, -0.2) is 12.8 Å². The minimum Gasteiger partial charge on any atom is -0.467 e. The quantitative estimate of drug-likeness (QED) is 0.597. The Hall–Kier alpha value is -3.16. The van der Waals surface area contributed by atoms with Gasteiger partial charge in [-0.2, -0.15) is 0 Å². The maximum absolute atomic E-state index is 13.3. The molecule has 1 heterocycles. The Balaban J connectivity index is 1.59. The fourth-order valence-corrected chi connectivity index (χ4v) is 3.99. The van der Waals surface area contributed by atoms with Crippen LogP contribution < -0.4 is 5.32 Å². The third-order valence-corrected chi connectivity index (χ3v) is 6.16. The predicted molar refractivity (Wildman–Crippen MR) is 116 cm³/mol. The van der Waals surface area contributed by atoms with Crippen LogP contribution in [0.4, 0.5) is 4.39 Å². The van der Waals surface area contributed by atoms with E-state index < -0.39 is 15.6 Å². The highest BCUT2D eigenvalue weighted by molar-refractivity contribution is 7.90. The van der Waals surface area contributed by atoms with Crippen LogP contribution in [0, 0.1) is 5.82 Å². The normalized spacial score (nSPS) is 18.2. The Bertz CT molecular complexity index is 1180. The van der Waals surface area contributed by atoms with Gasteiger partial charge in [0.05, 0.1) is 17.2 Å². The molecule has 1 unspecified atom stereocenters. The fourth-order valence-electron chi connectivity index (χ4n) is 3.36. The SMILES string of the molecule is CS(=O)(=O)c1ccc(C2(COCc3ccccc3)NC(c3ccc(F)cc3)=CO2)cc1. The van der Waals surface area contributed by atoms with Crippen LogP contribution in [0.2, 0.25) is 0 Å². The standard InChI is InChI=1S/C24H22FNO4S/c1-31(27,28)22-13-9-20(10-14-22)24(17-29-15-18-5-3-2-4-6-18)26-23(16-30-24)19-7-11-21(25)12-8-19/h2-14,16,26H,15,17H2,1H3. The van der Waals surface area contributed by atoms with Gasteiger partial charge in [0.25, 0.3) is 0 Å². The molecule has 5 nitrogen and oxygen atoms in total. The second-order valence-electron chi connectivity index (χ2n) is 7.38. The van der Waals surface area contributed by atoms with Gasteiger partial charge < -0.3 is 14.8 Å². The number of sulfone groups is 1. The lowest BCUT2D eigenvalue weighted by Gasteiger charge is -2.30. The van der Waals surface area contributed by atoms with Crippen molar-refractivity contribution in [1.29, 1.82) is 0 Å². The van der Waals surface area contributed by atoms with Crippen molar-refractivity contribution < 1.29 is 22.3 Å². The first kappa shape index (κ1) is 21.1. The van der Waals surface area contributed by atoms with Gasteiger partial charge in [-0.1, -0.05) is 42.5 Å². The average Bonchev–Trinajstić information content (AvgIpc) is 3.20. The lowest BCUT2D eigenvalue weighted by atomic mass is 10.0. The van der Waals surface area contributed by atoms with Gasteiger partial charge in [0.15, 0.2) is 9.84 Å². The zero-order valence-corrected chi connectivity index (χ0v) is 17.7. The molecule has 7 heteroatoms. The molecule has 1 aliphatic heterocycles. The van der Waals surface area contributed by atoms with E-state index in [0.717, 1.165) is 11.1 Å². The molecular weight excluding hydrogens is 417 g/mol. The zero-order valence-electron chi connectivity index (χ0n) is 16.9. The van der Waals surface area contributed by atoms with Gasteiger partial charge in [0.2, 0.25) is 5.72 Å². The topological polar surface area (TPSA) is 64.6 Å². The third-order valence-electron chi connectivity index (χ3n) is 5.04. The molecule has 1 N–H and O–H groups in total. The molecule has 3 aromatic carbocycles. The van der Waals surface area contributed by atoms with Crippen LogP contribution in [0.5, 0.6) is 0 Å². The van der Waals surface area contributed by atoms with E-state index in [-0.39, 0.29) is 17.3 Å². The van der Waals surface area contributed by atoms with Crippen molar-refractivity contribution in [2.75, 3.05) is 12.9 Å². The van der Waals surface area contributed by atoms with Gasteiger partial charge in [0.1, 0.15) is 18.7 Å². The van der Waals surface area contributed by atoms with E-state index in [2.05, 4.69) is 5.32 Å². The van der Waals surface area contributed by atoms with E-state index in [9.17, 15) is 12.8 Å². The van der Waals surface area contributed by atoms with Crippen molar-refractivity contribution in [2.45, 2.75) is 17.2 Å². The highest BCUT2D eigenvalue weighted by Gasteiger charge is 2.39. The molecule has 0 aromatic heterocycles. The number of hydrogen-bond donors (Lipinski definition) is 1. The van der Waals surface area contributed by atoms with Crippen molar-refractivity contribution >= 4 is 15.5 Å². The minimum absolute atomic E-state index is 0.168. The Labute approximate surface area is 181 Å². The van der Waals surface area contributed by atoms with Crippen molar-refractivity contribution in [2.24, 2.45) is 0 Å². The van der Waals surface area contributed by atoms with E-state index in [1.807, 2.05) is 30.3 Å². The molecule has 1 aliphatic rings. The maximum atomic E-state index is 13.3. The molecule has 160 valence electrons. The average molecular weight is 440 g/mol. The van der Waals surface area contributed by atoms with E-state index in [1.165, 1.54) is 18.4 Å². The highest BCUT2D eigenvalue weighted by Crippen LogP contribution is 2.34. The van der Waals surface area contributed by atoms with Gasteiger partial charge in [0, 0.05) is 17.4 Å². The van der Waals surface area contributed by atoms with Crippen LogP contribution in [0.3, 0.4) is 0 Å². The molecule has 0 saturated carbocycles. The van der Waals surface area contributed by atoms with Crippen LogP contribution in [-0.2, 0) is 31.6 Å². The Morgan fingerprint density at radius 1 is 0.968 bits per heavy atom. The summed E-state index contributed by atoms with van der Waals surface area (Å²) in [6.07, 6.45) is 2.74. The van der Waals surface area contributed by atoms with Crippen molar-refractivity contribution in [3.8, 4) is 0 Å². The molecule has 3 aromatic rings. The smallest absolute Gasteiger partial charge is 0.229 e. The summed E-state index contributed by atoms with van der Waals surface area (Å²) in [6.45, 7) is 0.558. The molecule has 0 aliphatic carbocycles. The number of rotatable bonds is 7. The summed E-state index contributed by atoms with van der Waals surface area (Å²) < 4.78 is 49.0. The number of benzene rings is 3. The van der Waals surface area contributed by atoms with Gasteiger partial charge in [-0.3, -0.25) is 0 Å². The first-order valence-corrected chi connectivity index (χ1v) is 11.6. The summed E-state index contributed by atoms with van der Waals surface area (Å²) in [5.41, 5.74) is 2.12. The number of ether oxygens (including phenoxy) is 2. The summed E-state index contributed by atoms with van der Waals surface area (Å²) in [5.74, 6) is -0.322. The molecular formula is C24H22FNO4S. The van der Waals surface area contributed by atoms with Crippen molar-refractivity contribution in [1.82, 2.24) is 5.32 Å². The lowest BCUT2D eigenvalue weighted by Crippen LogP contribution is -2.43. The first-order chi connectivity index (χ1) is 14.9. The fraction of sp³-hybridized carbons (Fsp3) is 0.167. The largest absolute Gasteiger partial charge is 0.467 e. The summed E-state index contributed by atoms with van der Waals surface area (Å²) in [6, 6.07) is 22.3. The Morgan fingerprint density at radius 2 is 1.65 bits per heavy atom. The monoisotopic (exact) mass is 439 g/mol. The number of nitrogens with one attached hydrogen (secondary N) is 1. The van der Waals surface area contributed by atoms with Crippen LogP contribution in [0.15, 0.2) is 90.0 Å². The predicted octanol–water partition coefficient (Wildman–Crippen LogP) is 4.22.